The van der Waals surface area contributed by atoms with E-state index in [1.807, 2.05) is 11.3 Å². The van der Waals surface area contributed by atoms with Crippen molar-refractivity contribution in [1.82, 2.24) is 10.3 Å². The highest BCUT2D eigenvalue weighted by atomic mass is 32.1. The van der Waals surface area contributed by atoms with Crippen LogP contribution in [0.5, 0.6) is 0 Å². The van der Waals surface area contributed by atoms with Crippen molar-refractivity contribution in [3.63, 3.8) is 0 Å². The molecule has 0 saturated carbocycles. The summed E-state index contributed by atoms with van der Waals surface area (Å²) in [7, 11) is 0. The molecule has 0 amide bonds. The Kier molecular flexibility index (Phi) is 5.63. The first-order chi connectivity index (χ1) is 9.89. The summed E-state index contributed by atoms with van der Waals surface area (Å²) in [5, 5.41) is 4.68. The predicted molar refractivity (Wildman–Crippen MR) is 90.3 cm³/mol. The molecule has 1 aliphatic rings. The zero-order valence-corrected chi connectivity index (χ0v) is 14.8. The standard InChI is InChI=1S/C16H29N3OS/c1-6-19(11-13-8-7-9-20-13)15-18-12(2)14(21-15)10-17-16(3,4)5/h13,17H,6-11H2,1-5H3. The number of hydrogen-bond acceptors (Lipinski definition) is 5. The molecule has 120 valence electrons. The summed E-state index contributed by atoms with van der Waals surface area (Å²) in [4.78, 5) is 8.47. The van der Waals surface area contributed by atoms with Crippen molar-refractivity contribution < 1.29 is 4.74 Å². The van der Waals surface area contributed by atoms with E-state index in [-0.39, 0.29) is 5.54 Å². The minimum Gasteiger partial charge on any atom is -0.376 e. The number of aryl methyl sites for hydroxylation is 1. The lowest BCUT2D eigenvalue weighted by molar-refractivity contribution is 0.115. The van der Waals surface area contributed by atoms with Crippen LogP contribution in [0.2, 0.25) is 0 Å². The van der Waals surface area contributed by atoms with Gasteiger partial charge in [-0.25, -0.2) is 4.98 Å². The maximum Gasteiger partial charge on any atom is 0.185 e. The molecule has 1 N–H and O–H groups in total. The van der Waals surface area contributed by atoms with Crippen LogP contribution in [0.15, 0.2) is 0 Å². The molecule has 0 spiro atoms. The Bertz CT molecular complexity index is 447. The number of ether oxygens (including phenoxy) is 1. The van der Waals surface area contributed by atoms with E-state index < -0.39 is 0 Å². The molecule has 0 aliphatic carbocycles. The normalized spacial score (nSPS) is 19.2. The van der Waals surface area contributed by atoms with E-state index >= 15 is 0 Å². The monoisotopic (exact) mass is 311 g/mol. The number of anilines is 1. The molecule has 5 heteroatoms. The van der Waals surface area contributed by atoms with Crippen molar-refractivity contribution >= 4 is 16.5 Å². The Labute approximate surface area is 132 Å². The van der Waals surface area contributed by atoms with Gasteiger partial charge in [0.1, 0.15) is 0 Å². The molecule has 1 unspecified atom stereocenters. The first-order valence-corrected chi connectivity index (χ1v) is 8.78. The van der Waals surface area contributed by atoms with Crippen LogP contribution in [0.1, 0.15) is 51.1 Å². The molecule has 4 nitrogen and oxygen atoms in total. The summed E-state index contributed by atoms with van der Waals surface area (Å²) >= 11 is 1.81. The molecule has 2 heterocycles. The van der Waals surface area contributed by atoms with Crippen molar-refractivity contribution in [2.75, 3.05) is 24.6 Å². The lowest BCUT2D eigenvalue weighted by Gasteiger charge is -2.23. The van der Waals surface area contributed by atoms with E-state index in [0.717, 1.165) is 37.1 Å². The van der Waals surface area contributed by atoms with Gasteiger partial charge >= 0.3 is 0 Å². The SMILES string of the molecule is CCN(CC1CCCO1)c1nc(C)c(CNC(C)(C)C)s1. The third kappa shape index (κ3) is 4.94. The molecule has 1 aliphatic heterocycles. The van der Waals surface area contributed by atoms with Gasteiger partial charge in [-0.1, -0.05) is 0 Å². The van der Waals surface area contributed by atoms with Gasteiger partial charge in [-0.2, -0.15) is 0 Å². The van der Waals surface area contributed by atoms with Crippen molar-refractivity contribution in [3.05, 3.63) is 10.6 Å². The van der Waals surface area contributed by atoms with Gasteiger partial charge < -0.3 is 15.0 Å². The number of likely N-dealkylation sites (N-methyl/N-ethyl adjacent to an activating group) is 1. The van der Waals surface area contributed by atoms with Gasteiger partial charge in [-0.05, 0) is 47.5 Å². The molecule has 1 aromatic heterocycles. The van der Waals surface area contributed by atoms with Gasteiger partial charge in [-0.3, -0.25) is 0 Å². The molecule has 2 rings (SSSR count). The lowest BCUT2D eigenvalue weighted by atomic mass is 10.1. The van der Waals surface area contributed by atoms with Crippen LogP contribution in [0.25, 0.3) is 0 Å². The predicted octanol–water partition coefficient (Wildman–Crippen LogP) is 3.34. The molecular formula is C16H29N3OS. The highest BCUT2D eigenvalue weighted by Gasteiger charge is 2.21. The fraction of sp³-hybridized carbons (Fsp3) is 0.812. The number of nitrogens with one attached hydrogen (secondary N) is 1. The van der Waals surface area contributed by atoms with Crippen LogP contribution in [-0.4, -0.2) is 36.3 Å². The molecule has 1 fully saturated rings. The Balaban J connectivity index is 2.01. The van der Waals surface area contributed by atoms with Gasteiger partial charge in [0.15, 0.2) is 5.13 Å². The molecule has 0 aromatic carbocycles. The van der Waals surface area contributed by atoms with E-state index in [9.17, 15) is 0 Å². The zero-order valence-electron chi connectivity index (χ0n) is 14.0. The average molecular weight is 311 g/mol. The highest BCUT2D eigenvalue weighted by Crippen LogP contribution is 2.27. The maximum absolute atomic E-state index is 5.76. The van der Waals surface area contributed by atoms with E-state index in [0.29, 0.717) is 6.10 Å². The number of rotatable bonds is 6. The highest BCUT2D eigenvalue weighted by molar-refractivity contribution is 7.15. The van der Waals surface area contributed by atoms with E-state index in [1.165, 1.54) is 17.7 Å². The summed E-state index contributed by atoms with van der Waals surface area (Å²) < 4.78 is 5.76. The largest absolute Gasteiger partial charge is 0.376 e. The fourth-order valence-corrected chi connectivity index (χ4v) is 3.51. The first kappa shape index (κ1) is 16.7. The number of aromatic nitrogens is 1. The summed E-state index contributed by atoms with van der Waals surface area (Å²) in [6, 6.07) is 0. The molecule has 21 heavy (non-hydrogen) atoms. The summed E-state index contributed by atoms with van der Waals surface area (Å²) in [5.41, 5.74) is 1.29. The molecule has 1 saturated heterocycles. The first-order valence-electron chi connectivity index (χ1n) is 7.97. The fourth-order valence-electron chi connectivity index (χ4n) is 2.43. The van der Waals surface area contributed by atoms with Crippen LogP contribution >= 0.6 is 11.3 Å². The summed E-state index contributed by atoms with van der Waals surface area (Å²) in [6.07, 6.45) is 2.75. The second-order valence-electron chi connectivity index (χ2n) is 6.78. The number of thiazole rings is 1. The Morgan fingerprint density at radius 3 is 2.76 bits per heavy atom. The van der Waals surface area contributed by atoms with E-state index in [2.05, 4.69) is 44.8 Å². The molecule has 1 aromatic rings. The number of nitrogens with zero attached hydrogens (tertiary/aromatic N) is 2. The van der Waals surface area contributed by atoms with E-state index in [4.69, 9.17) is 9.72 Å². The summed E-state index contributed by atoms with van der Waals surface area (Å²) in [6.45, 7) is 14.7. The lowest BCUT2D eigenvalue weighted by Crippen LogP contribution is -2.34. The van der Waals surface area contributed by atoms with Gasteiger partial charge in [0, 0.05) is 36.7 Å². The quantitative estimate of drug-likeness (QED) is 0.874. The van der Waals surface area contributed by atoms with Crippen LogP contribution in [0.4, 0.5) is 5.13 Å². The smallest absolute Gasteiger partial charge is 0.185 e. The third-order valence-electron chi connectivity index (χ3n) is 3.76. The van der Waals surface area contributed by atoms with Crippen molar-refractivity contribution in [3.8, 4) is 0 Å². The Morgan fingerprint density at radius 1 is 1.43 bits per heavy atom. The van der Waals surface area contributed by atoms with Gasteiger partial charge in [0.2, 0.25) is 0 Å². The van der Waals surface area contributed by atoms with Crippen molar-refractivity contribution in [1.29, 1.82) is 0 Å². The second kappa shape index (κ2) is 7.07. The van der Waals surface area contributed by atoms with Crippen LogP contribution in [-0.2, 0) is 11.3 Å². The maximum atomic E-state index is 5.76. The Morgan fingerprint density at radius 2 is 2.19 bits per heavy atom. The van der Waals surface area contributed by atoms with Crippen molar-refractivity contribution in [2.24, 2.45) is 0 Å². The second-order valence-corrected chi connectivity index (χ2v) is 7.84. The van der Waals surface area contributed by atoms with Gasteiger partial charge in [0.25, 0.3) is 0 Å². The Hall–Kier alpha value is -0.650. The zero-order chi connectivity index (χ0) is 15.5. The minimum absolute atomic E-state index is 0.138. The molecule has 1 atom stereocenters. The molecule has 0 radical (unpaired) electrons. The van der Waals surface area contributed by atoms with Crippen LogP contribution in [0.3, 0.4) is 0 Å². The van der Waals surface area contributed by atoms with E-state index in [1.54, 1.807) is 0 Å². The topological polar surface area (TPSA) is 37.4 Å². The van der Waals surface area contributed by atoms with Gasteiger partial charge in [0.05, 0.1) is 11.8 Å². The third-order valence-corrected chi connectivity index (χ3v) is 4.98. The number of hydrogen-bond donors (Lipinski definition) is 1. The molecule has 0 bridgehead atoms. The molecular weight excluding hydrogens is 282 g/mol. The minimum atomic E-state index is 0.138. The average Bonchev–Trinajstić information content (AvgIpc) is 3.02. The summed E-state index contributed by atoms with van der Waals surface area (Å²) in [5.74, 6) is 0. The van der Waals surface area contributed by atoms with Crippen LogP contribution < -0.4 is 10.2 Å². The van der Waals surface area contributed by atoms with Gasteiger partial charge in [-0.15, -0.1) is 11.3 Å². The van der Waals surface area contributed by atoms with Crippen molar-refractivity contribution in [2.45, 2.75) is 65.6 Å². The van der Waals surface area contributed by atoms with Crippen LogP contribution in [0, 0.1) is 6.92 Å².